The molecule has 1 unspecified atom stereocenters. The van der Waals surface area contributed by atoms with E-state index in [1.54, 1.807) is 20.8 Å². The lowest BCUT2D eigenvalue weighted by molar-refractivity contribution is -0.143. The van der Waals surface area contributed by atoms with Gasteiger partial charge in [-0.25, -0.2) is 13.9 Å². The average molecular weight is 728 g/mol. The molecule has 0 spiro atoms. The van der Waals surface area contributed by atoms with Crippen LogP contribution in [0, 0.1) is 5.92 Å². The summed E-state index contributed by atoms with van der Waals surface area (Å²) in [6.45, 7) is 5.27. The van der Waals surface area contributed by atoms with Gasteiger partial charge in [0.15, 0.2) is 0 Å². The van der Waals surface area contributed by atoms with Gasteiger partial charge < -0.3 is 25.2 Å². The minimum atomic E-state index is -1.44. The first-order valence-electron chi connectivity index (χ1n) is 19.7. The van der Waals surface area contributed by atoms with E-state index in [2.05, 4.69) is 10.6 Å². The number of aliphatic hydroxyl groups excluding tert-OH is 1. The number of rotatable bonds is 5. The molecule has 3 aliphatic carbocycles. The fourth-order valence-corrected chi connectivity index (χ4v) is 8.94. The molecule has 6 rings (SSSR count). The minimum absolute atomic E-state index is 0.0375. The van der Waals surface area contributed by atoms with Gasteiger partial charge in [0.2, 0.25) is 5.91 Å². The van der Waals surface area contributed by atoms with Crippen molar-refractivity contribution >= 4 is 18.0 Å². The number of alkyl carbamates (subject to hydrolysis) is 1. The fourth-order valence-electron chi connectivity index (χ4n) is 8.94. The highest BCUT2D eigenvalue weighted by Crippen LogP contribution is 2.46. The van der Waals surface area contributed by atoms with Gasteiger partial charge in [0.25, 0.3) is 5.56 Å². The lowest BCUT2D eigenvalue weighted by atomic mass is 9.82. The molecule has 5 aliphatic rings. The van der Waals surface area contributed by atoms with E-state index < -0.39 is 59.6 Å². The molecule has 0 aromatic carbocycles. The Hall–Kier alpha value is -3.32. The molecule has 2 amide bonds. The first kappa shape index (κ1) is 38.4. The van der Waals surface area contributed by atoms with Crippen LogP contribution in [0.4, 0.5) is 9.18 Å². The number of carboxylic acid groups (broad SMARTS) is 1. The number of aliphatic hydroxyl groups is 1. The Kier molecular flexibility index (Phi) is 11.8. The van der Waals surface area contributed by atoms with Crippen LogP contribution < -0.4 is 16.2 Å². The van der Waals surface area contributed by atoms with Crippen molar-refractivity contribution in [3.05, 3.63) is 39.8 Å². The number of hydrogen-bond acceptors (Lipinski definition) is 8. The number of halogens is 1. The highest BCUT2D eigenvalue weighted by atomic mass is 19.1. The van der Waals surface area contributed by atoms with E-state index in [0.717, 1.165) is 57.1 Å². The smallest absolute Gasteiger partial charge is 0.408 e. The van der Waals surface area contributed by atoms with Crippen molar-refractivity contribution < 1.29 is 33.7 Å². The number of carbonyl (C=O) groups excluding carboxylic acids is 2. The topological polar surface area (TPSA) is 163 Å². The third kappa shape index (κ3) is 8.72. The summed E-state index contributed by atoms with van der Waals surface area (Å²) in [5.41, 5.74) is -0.950. The number of nitrogens with zero attached hydrogens (tertiary/aromatic N) is 3. The molecule has 1 saturated heterocycles. The molecule has 52 heavy (non-hydrogen) atoms. The summed E-state index contributed by atoms with van der Waals surface area (Å²) in [5, 5.41) is 32.9. The Morgan fingerprint density at radius 3 is 2.38 bits per heavy atom. The Balaban J connectivity index is 1.37. The zero-order chi connectivity index (χ0) is 37.2. The average Bonchev–Trinajstić information content (AvgIpc) is 3.61. The maximum Gasteiger partial charge on any atom is 0.408 e. The molecule has 6 atom stereocenters. The Morgan fingerprint density at radius 1 is 1.00 bits per heavy atom. The van der Waals surface area contributed by atoms with E-state index in [1.165, 1.54) is 9.58 Å². The normalized spacial score (nSPS) is 34.3. The molecule has 288 valence electrons. The van der Waals surface area contributed by atoms with E-state index >= 15 is 0 Å². The summed E-state index contributed by atoms with van der Waals surface area (Å²) < 4.78 is 21.2. The maximum absolute atomic E-state index is 14.6. The molecule has 3 heterocycles. The van der Waals surface area contributed by atoms with Gasteiger partial charge in [-0.1, -0.05) is 44.3 Å². The standard InChI is InChI=1S/C39H58FN5O7/c1-38(2,3)52-37(51)41-30-15-11-6-4-5-10-14-26-22-39(26,36(49)50)42-33(46)32-20-28(23-44(32)35(30)48)45-34(47)29(24-16-18-27(40)19-17-24)21-31(43-45)25-12-8-7-9-13-25/h10,14,21,24-28,30,32-33,42,46H,4-9,11-13,15-20,22-23H2,1-3H3,(H,41,51)(H,49,50)/b14-10-/t24?,26-,27?,28+,30-,32?,33+,39+/m1/s1. The molecule has 12 nitrogen and oxygen atoms in total. The molecule has 0 radical (unpaired) electrons. The van der Waals surface area contributed by atoms with Crippen LogP contribution in [-0.4, -0.2) is 85.0 Å². The van der Waals surface area contributed by atoms with Gasteiger partial charge in [0.05, 0.1) is 17.8 Å². The number of allylic oxidation sites excluding steroid dienone is 1. The van der Waals surface area contributed by atoms with Gasteiger partial charge in [-0.2, -0.15) is 5.10 Å². The van der Waals surface area contributed by atoms with Gasteiger partial charge in [-0.05, 0) is 103 Å². The van der Waals surface area contributed by atoms with E-state index in [0.29, 0.717) is 50.5 Å². The number of alkyl halides is 1. The monoisotopic (exact) mass is 727 g/mol. The van der Waals surface area contributed by atoms with Crippen LogP contribution in [-0.2, 0) is 14.3 Å². The number of carboxylic acids is 1. The molecule has 2 aliphatic heterocycles. The van der Waals surface area contributed by atoms with Gasteiger partial charge in [-0.3, -0.25) is 19.7 Å². The number of fused-ring (bicyclic) bond motifs is 2. The number of hydrogen-bond donors (Lipinski definition) is 4. The van der Waals surface area contributed by atoms with E-state index in [-0.39, 0.29) is 36.3 Å². The third-order valence-corrected chi connectivity index (χ3v) is 11.9. The number of aromatic nitrogens is 2. The van der Waals surface area contributed by atoms with Crippen molar-refractivity contribution in [2.75, 3.05) is 6.54 Å². The number of nitrogens with one attached hydrogen (secondary N) is 2. The summed E-state index contributed by atoms with van der Waals surface area (Å²) in [6.07, 6.45) is 11.9. The van der Waals surface area contributed by atoms with Crippen LogP contribution in [0.2, 0.25) is 0 Å². The van der Waals surface area contributed by atoms with E-state index in [1.807, 2.05) is 18.2 Å². The quantitative estimate of drug-likeness (QED) is 0.283. The summed E-state index contributed by atoms with van der Waals surface area (Å²) in [5.74, 6) is -1.72. The van der Waals surface area contributed by atoms with Gasteiger partial charge >= 0.3 is 12.1 Å². The highest BCUT2D eigenvalue weighted by molar-refractivity contribution is 5.86. The van der Waals surface area contributed by atoms with Gasteiger partial charge in [0.1, 0.15) is 29.6 Å². The highest BCUT2D eigenvalue weighted by Gasteiger charge is 2.61. The summed E-state index contributed by atoms with van der Waals surface area (Å²) in [7, 11) is 0. The van der Waals surface area contributed by atoms with Crippen molar-refractivity contribution in [3.8, 4) is 0 Å². The lowest BCUT2D eigenvalue weighted by Gasteiger charge is -2.33. The van der Waals surface area contributed by atoms with Gasteiger partial charge in [0, 0.05) is 23.9 Å². The number of amides is 2. The molecule has 1 aromatic heterocycles. The zero-order valence-electron chi connectivity index (χ0n) is 31.0. The lowest BCUT2D eigenvalue weighted by Crippen LogP contribution is -2.58. The molecule has 4 fully saturated rings. The van der Waals surface area contributed by atoms with Crippen molar-refractivity contribution in [1.29, 1.82) is 0 Å². The Labute approximate surface area is 305 Å². The molecule has 4 N–H and O–H groups in total. The second-order valence-corrected chi connectivity index (χ2v) is 16.9. The predicted molar refractivity (Wildman–Crippen MR) is 193 cm³/mol. The van der Waals surface area contributed by atoms with Crippen LogP contribution in [0.1, 0.15) is 153 Å². The first-order valence-corrected chi connectivity index (χ1v) is 19.7. The minimum Gasteiger partial charge on any atom is -0.480 e. The van der Waals surface area contributed by atoms with Crippen LogP contribution in [0.25, 0.3) is 0 Å². The number of ether oxygens (including phenoxy) is 1. The molecule has 3 saturated carbocycles. The third-order valence-electron chi connectivity index (χ3n) is 11.9. The largest absolute Gasteiger partial charge is 0.480 e. The summed E-state index contributed by atoms with van der Waals surface area (Å²) in [6, 6.07) is -0.541. The number of carbonyl (C=O) groups is 3. The molecular weight excluding hydrogens is 669 g/mol. The fraction of sp³-hybridized carbons (Fsp3) is 0.769. The summed E-state index contributed by atoms with van der Waals surface area (Å²) in [4.78, 5) is 56.1. The SMILES string of the molecule is CC(C)(C)OC(=O)N[C@@H]1CCCCC/C=C\[C@@H]2C[C@]2(C(=O)O)N[C@@H](O)C2C[C@H](n3nc(C4CCCCC4)cc(C4CCC(F)CC4)c3=O)CN2C1=O. The zero-order valence-corrected chi connectivity index (χ0v) is 31.0. The van der Waals surface area contributed by atoms with Gasteiger partial charge in [-0.15, -0.1) is 0 Å². The Bertz CT molecular complexity index is 1550. The van der Waals surface area contributed by atoms with Crippen LogP contribution >= 0.6 is 0 Å². The first-order chi connectivity index (χ1) is 24.8. The number of aliphatic carboxylic acids is 1. The van der Waals surface area contributed by atoms with Crippen molar-refractivity contribution in [2.24, 2.45) is 5.92 Å². The molecule has 13 heteroatoms. The van der Waals surface area contributed by atoms with E-state index in [9.17, 15) is 33.8 Å². The second kappa shape index (κ2) is 16.0. The van der Waals surface area contributed by atoms with Crippen LogP contribution in [0.5, 0.6) is 0 Å². The predicted octanol–water partition coefficient (Wildman–Crippen LogP) is 5.59. The second-order valence-electron chi connectivity index (χ2n) is 16.9. The van der Waals surface area contributed by atoms with Crippen molar-refractivity contribution in [2.45, 2.75) is 177 Å². The molecule has 1 aromatic rings. The van der Waals surface area contributed by atoms with E-state index in [4.69, 9.17) is 9.84 Å². The summed E-state index contributed by atoms with van der Waals surface area (Å²) >= 11 is 0. The van der Waals surface area contributed by atoms with Crippen LogP contribution in [0.3, 0.4) is 0 Å². The van der Waals surface area contributed by atoms with Crippen LogP contribution in [0.15, 0.2) is 23.0 Å². The van der Waals surface area contributed by atoms with Crippen molar-refractivity contribution in [3.63, 3.8) is 0 Å². The molecular formula is C39H58FN5O7. The van der Waals surface area contributed by atoms with Crippen molar-refractivity contribution in [1.82, 2.24) is 25.3 Å². The Morgan fingerprint density at radius 2 is 1.69 bits per heavy atom. The maximum atomic E-state index is 14.6. The molecule has 0 bridgehead atoms.